The molecule has 0 aromatic heterocycles. The van der Waals surface area contributed by atoms with Gasteiger partial charge in [-0.25, -0.2) is 8.42 Å². The van der Waals surface area contributed by atoms with Gasteiger partial charge < -0.3 is 10.2 Å². The maximum atomic E-state index is 14.3. The molecule has 1 N–H and O–H groups in total. The number of halogens is 2. The molecule has 6 rings (SSSR count). The summed E-state index contributed by atoms with van der Waals surface area (Å²) in [7, 11) is -3.94. The molecule has 0 spiro atoms. The van der Waals surface area contributed by atoms with E-state index in [4.69, 9.17) is 11.6 Å². The van der Waals surface area contributed by atoms with Gasteiger partial charge >= 0.3 is 0 Å². The summed E-state index contributed by atoms with van der Waals surface area (Å²) in [4.78, 5) is 29.3. The number of hydrogen-bond acceptors (Lipinski definition) is 5. The molecule has 10 heteroatoms. The molecular weight excluding hydrogens is 602 g/mol. The van der Waals surface area contributed by atoms with E-state index in [1.54, 1.807) is 12.1 Å². The lowest BCUT2D eigenvalue weighted by Crippen LogP contribution is -2.51. The van der Waals surface area contributed by atoms with Crippen LogP contribution in [0, 0.1) is 11.3 Å². The van der Waals surface area contributed by atoms with Crippen LogP contribution in [0.2, 0.25) is 5.02 Å². The Morgan fingerprint density at radius 3 is 2.31 bits per heavy atom. The standard InChI is InChI=1S/C29H25BrClN3O4S/c30-22-10-9-21(19-5-1-2-6-20(19)22)29(13-14-29)27(36)34-16-18(39(37,38)25-8-4-3-7-23(25)31)15-24(34)26(35)33-28(17-32)11-12-28/h1-10,18,24H,11-16H2,(H,33,35)/t18-,24+/m1/s1. The maximum absolute atomic E-state index is 14.3. The quantitative estimate of drug-likeness (QED) is 0.419. The lowest BCUT2D eigenvalue weighted by molar-refractivity contribution is -0.140. The third-order valence-corrected chi connectivity index (χ3v) is 11.6. The third kappa shape index (κ3) is 4.33. The monoisotopic (exact) mass is 625 g/mol. The van der Waals surface area contributed by atoms with Crippen LogP contribution in [-0.4, -0.2) is 48.5 Å². The largest absolute Gasteiger partial charge is 0.336 e. The molecule has 2 saturated carbocycles. The first-order valence-electron chi connectivity index (χ1n) is 12.8. The van der Waals surface area contributed by atoms with Crippen LogP contribution in [-0.2, 0) is 24.8 Å². The maximum Gasteiger partial charge on any atom is 0.244 e. The smallest absolute Gasteiger partial charge is 0.244 e. The average Bonchev–Trinajstić information content (AvgIpc) is 3.85. The minimum atomic E-state index is -3.94. The van der Waals surface area contributed by atoms with Crippen molar-refractivity contribution in [2.45, 2.75) is 59.2 Å². The summed E-state index contributed by atoms with van der Waals surface area (Å²) < 4.78 is 28.3. The molecule has 3 fully saturated rings. The molecule has 3 aromatic carbocycles. The zero-order chi connectivity index (χ0) is 27.6. The second kappa shape index (κ2) is 9.33. The van der Waals surface area contributed by atoms with Crippen LogP contribution in [0.1, 0.15) is 37.7 Å². The number of carbonyl (C=O) groups is 2. The molecule has 3 aliphatic rings. The van der Waals surface area contributed by atoms with Crippen molar-refractivity contribution in [1.29, 1.82) is 5.26 Å². The van der Waals surface area contributed by atoms with Crippen LogP contribution in [0.4, 0.5) is 0 Å². The Morgan fingerprint density at radius 1 is 1.00 bits per heavy atom. The second-order valence-corrected chi connectivity index (χ2v) is 14.2. The fourth-order valence-electron chi connectivity index (χ4n) is 5.74. The van der Waals surface area contributed by atoms with Crippen molar-refractivity contribution < 1.29 is 18.0 Å². The van der Waals surface area contributed by atoms with Crippen molar-refractivity contribution >= 4 is 60.0 Å². The number of sulfone groups is 1. The predicted molar refractivity (Wildman–Crippen MR) is 151 cm³/mol. The van der Waals surface area contributed by atoms with E-state index in [2.05, 4.69) is 27.3 Å². The summed E-state index contributed by atoms with van der Waals surface area (Å²) >= 11 is 9.85. The normalized spacial score (nSPS) is 22.7. The van der Waals surface area contributed by atoms with Gasteiger partial charge in [0.2, 0.25) is 11.8 Å². The fraction of sp³-hybridized carbons (Fsp3) is 0.345. The van der Waals surface area contributed by atoms with Gasteiger partial charge in [-0.1, -0.05) is 70.0 Å². The van der Waals surface area contributed by atoms with Gasteiger partial charge in [-0.15, -0.1) is 0 Å². The van der Waals surface area contributed by atoms with Crippen LogP contribution < -0.4 is 5.32 Å². The molecule has 1 saturated heterocycles. The fourth-order valence-corrected chi connectivity index (χ4v) is 8.43. The number of fused-ring (bicyclic) bond motifs is 1. The van der Waals surface area contributed by atoms with Crippen molar-refractivity contribution in [1.82, 2.24) is 10.2 Å². The molecule has 1 heterocycles. The summed E-state index contributed by atoms with van der Waals surface area (Å²) in [6.07, 6.45) is 2.21. The summed E-state index contributed by atoms with van der Waals surface area (Å²) in [6.45, 7) is -0.125. The number of nitrogens with one attached hydrogen (secondary N) is 1. The molecule has 1 aliphatic heterocycles. The molecule has 2 atom stereocenters. The number of carbonyl (C=O) groups excluding carboxylic acids is 2. The minimum Gasteiger partial charge on any atom is -0.336 e. The first kappa shape index (κ1) is 26.3. The molecular formula is C29H25BrClN3O4S. The molecule has 200 valence electrons. The van der Waals surface area contributed by atoms with Gasteiger partial charge in [0.25, 0.3) is 0 Å². The van der Waals surface area contributed by atoms with Gasteiger partial charge in [0.15, 0.2) is 9.84 Å². The lowest BCUT2D eigenvalue weighted by atomic mass is 9.89. The number of likely N-dealkylation sites (tertiary alicyclic amines) is 1. The summed E-state index contributed by atoms with van der Waals surface area (Å²) in [5, 5.41) is 13.3. The van der Waals surface area contributed by atoms with Gasteiger partial charge in [0, 0.05) is 11.0 Å². The van der Waals surface area contributed by atoms with Gasteiger partial charge in [-0.3, -0.25) is 9.59 Å². The summed E-state index contributed by atoms with van der Waals surface area (Å²) in [5.74, 6) is -0.746. The van der Waals surface area contributed by atoms with Crippen molar-refractivity contribution in [2.75, 3.05) is 6.54 Å². The third-order valence-electron chi connectivity index (χ3n) is 8.28. The summed E-state index contributed by atoms with van der Waals surface area (Å²) in [5.41, 5.74) is -0.905. The number of nitriles is 1. The van der Waals surface area contributed by atoms with Crippen LogP contribution in [0.15, 0.2) is 70.0 Å². The minimum absolute atomic E-state index is 0.0131. The van der Waals surface area contributed by atoms with Crippen molar-refractivity contribution in [3.63, 3.8) is 0 Å². The molecule has 39 heavy (non-hydrogen) atoms. The molecule has 3 aromatic rings. The molecule has 7 nitrogen and oxygen atoms in total. The second-order valence-electron chi connectivity index (χ2n) is 10.7. The van der Waals surface area contributed by atoms with Gasteiger partial charge in [-0.05, 0) is 66.6 Å². The van der Waals surface area contributed by atoms with E-state index in [9.17, 15) is 23.3 Å². The topological polar surface area (TPSA) is 107 Å². The van der Waals surface area contributed by atoms with Crippen LogP contribution in [0.3, 0.4) is 0 Å². The first-order valence-corrected chi connectivity index (χ1v) is 15.5. The number of hydrogen-bond donors (Lipinski definition) is 1. The molecule has 0 unspecified atom stereocenters. The van der Waals surface area contributed by atoms with E-state index < -0.39 is 38.0 Å². The van der Waals surface area contributed by atoms with E-state index in [0.717, 1.165) is 20.8 Å². The highest BCUT2D eigenvalue weighted by molar-refractivity contribution is 9.10. The Hall–Kier alpha value is -2.93. The zero-order valence-corrected chi connectivity index (χ0v) is 24.0. The van der Waals surface area contributed by atoms with E-state index in [1.165, 1.54) is 17.0 Å². The average molecular weight is 627 g/mol. The van der Waals surface area contributed by atoms with Gasteiger partial charge in [-0.2, -0.15) is 5.26 Å². The number of rotatable bonds is 6. The predicted octanol–water partition coefficient (Wildman–Crippen LogP) is 4.90. The van der Waals surface area contributed by atoms with Crippen molar-refractivity contribution in [2.24, 2.45) is 0 Å². The zero-order valence-electron chi connectivity index (χ0n) is 20.9. The van der Waals surface area contributed by atoms with Crippen LogP contribution in [0.5, 0.6) is 0 Å². The Bertz CT molecular complexity index is 1680. The molecule has 0 bridgehead atoms. The first-order chi connectivity index (χ1) is 18.6. The van der Waals surface area contributed by atoms with Crippen LogP contribution in [0.25, 0.3) is 10.8 Å². The molecule has 0 radical (unpaired) electrons. The van der Waals surface area contributed by atoms with E-state index >= 15 is 0 Å². The van der Waals surface area contributed by atoms with Crippen molar-refractivity contribution in [3.8, 4) is 6.07 Å². The Morgan fingerprint density at radius 2 is 1.67 bits per heavy atom. The molecule has 2 amide bonds. The number of nitrogens with zero attached hydrogens (tertiary/aromatic N) is 2. The highest BCUT2D eigenvalue weighted by Crippen LogP contribution is 2.53. The Balaban J connectivity index is 1.38. The van der Waals surface area contributed by atoms with Gasteiger partial charge in [0.05, 0.1) is 26.7 Å². The summed E-state index contributed by atoms with van der Waals surface area (Å²) in [6, 6.07) is 19.0. The molecule has 2 aliphatic carbocycles. The highest BCUT2D eigenvalue weighted by atomic mass is 79.9. The Labute approximate surface area is 240 Å². The number of amides is 2. The van der Waals surface area contributed by atoms with Crippen molar-refractivity contribution in [3.05, 3.63) is 75.7 Å². The van der Waals surface area contributed by atoms with E-state index in [0.29, 0.717) is 25.7 Å². The van der Waals surface area contributed by atoms with Crippen LogP contribution >= 0.6 is 27.5 Å². The van der Waals surface area contributed by atoms with Gasteiger partial charge in [0.1, 0.15) is 11.6 Å². The SMILES string of the molecule is N#CC1(NC(=O)[C@@H]2C[C@@H](S(=O)(=O)c3ccccc3Cl)CN2C(=O)C2(c3ccc(Br)c4ccccc34)CC2)CC1. The van der Waals surface area contributed by atoms with E-state index in [-0.39, 0.29) is 28.8 Å². The van der Waals surface area contributed by atoms with E-state index in [1.807, 2.05) is 36.4 Å². The Kier molecular flexibility index (Phi) is 6.29. The lowest BCUT2D eigenvalue weighted by Gasteiger charge is -2.29. The highest BCUT2D eigenvalue weighted by Gasteiger charge is 2.58. The number of benzene rings is 3.